The topological polar surface area (TPSA) is 106 Å². The van der Waals surface area contributed by atoms with E-state index in [0.717, 1.165) is 27.5 Å². The molecule has 5 rings (SSSR count). The van der Waals surface area contributed by atoms with Gasteiger partial charge < -0.3 is 10.1 Å². The van der Waals surface area contributed by atoms with E-state index in [1.807, 2.05) is 30.3 Å². The maximum Gasteiger partial charge on any atom is 0.264 e. The summed E-state index contributed by atoms with van der Waals surface area (Å²) in [4.78, 5) is 13.1. The number of hydrogen-bond acceptors (Lipinski definition) is 7. The minimum Gasteiger partial charge on any atom is -0.497 e. The number of aromatic nitrogens is 3. The lowest BCUT2D eigenvalue weighted by molar-refractivity contribution is 0.415. The molecule has 2 aromatic heterocycles. The average Bonchev–Trinajstić information content (AvgIpc) is 2.83. The van der Waals surface area contributed by atoms with Crippen LogP contribution in [0.4, 0.5) is 17.3 Å². The number of pyridine rings is 1. The molecule has 0 amide bonds. The first kappa shape index (κ1) is 23.8. The maximum atomic E-state index is 12.9. The molecule has 36 heavy (non-hydrogen) atoms. The minimum absolute atomic E-state index is 0.0389. The zero-order valence-corrected chi connectivity index (χ0v) is 21.3. The fourth-order valence-electron chi connectivity index (χ4n) is 3.97. The molecule has 2 heterocycles. The molecule has 0 unspecified atom stereocenters. The normalized spacial score (nSPS) is 11.6. The molecule has 182 valence electrons. The fraction of sp³-hybridized carbons (Fsp3) is 0.115. The lowest BCUT2D eigenvalue weighted by atomic mass is 10.1. The summed E-state index contributed by atoms with van der Waals surface area (Å²) in [5, 5.41) is 5.73. The standard InChI is InChI=1S/C26H22ClN5O3S/c1-15-12-16(2)29-26(28-15)32-36(33,34)20-8-5-18(6-9-20)30-25-21-10-4-17(27)13-24(21)31-23-11-7-19(35-3)14-22(23)25/h4-14H,1-3H3,(H,30,31)(H,28,29,32). The van der Waals surface area contributed by atoms with Crippen molar-refractivity contribution in [1.29, 1.82) is 0 Å². The first-order chi connectivity index (χ1) is 17.2. The zero-order chi connectivity index (χ0) is 25.4. The Morgan fingerprint density at radius 3 is 2.22 bits per heavy atom. The van der Waals surface area contributed by atoms with Gasteiger partial charge in [-0.3, -0.25) is 0 Å². The third-order valence-electron chi connectivity index (χ3n) is 5.58. The van der Waals surface area contributed by atoms with Crippen LogP contribution in [0.3, 0.4) is 0 Å². The van der Waals surface area contributed by atoms with Gasteiger partial charge in [0.2, 0.25) is 5.95 Å². The molecular weight excluding hydrogens is 498 g/mol. The van der Waals surface area contributed by atoms with Crippen LogP contribution in [0.25, 0.3) is 21.8 Å². The number of nitrogens with zero attached hydrogens (tertiary/aromatic N) is 3. The highest BCUT2D eigenvalue weighted by atomic mass is 35.5. The Balaban J connectivity index is 1.51. The number of methoxy groups -OCH3 is 1. The Bertz CT molecular complexity index is 1700. The van der Waals surface area contributed by atoms with Gasteiger partial charge in [-0.25, -0.2) is 28.1 Å². The van der Waals surface area contributed by atoms with Crippen LogP contribution >= 0.6 is 11.6 Å². The van der Waals surface area contributed by atoms with Gasteiger partial charge in [-0.1, -0.05) is 11.6 Å². The Hall–Kier alpha value is -3.95. The lowest BCUT2D eigenvalue weighted by Gasteiger charge is -2.15. The van der Waals surface area contributed by atoms with Gasteiger partial charge in [-0.2, -0.15) is 0 Å². The molecule has 0 atom stereocenters. The number of aryl methyl sites for hydroxylation is 2. The van der Waals surface area contributed by atoms with Crippen molar-refractivity contribution in [2.45, 2.75) is 18.7 Å². The van der Waals surface area contributed by atoms with Crippen LogP contribution in [-0.4, -0.2) is 30.5 Å². The second kappa shape index (κ2) is 9.25. The van der Waals surface area contributed by atoms with E-state index in [0.29, 0.717) is 27.8 Å². The maximum absolute atomic E-state index is 12.9. The van der Waals surface area contributed by atoms with E-state index >= 15 is 0 Å². The van der Waals surface area contributed by atoms with Crippen molar-refractivity contribution in [1.82, 2.24) is 15.0 Å². The second-order valence-corrected chi connectivity index (χ2v) is 10.4. The first-order valence-electron chi connectivity index (χ1n) is 11.0. The Morgan fingerprint density at radius 1 is 0.806 bits per heavy atom. The Kier molecular flexibility index (Phi) is 6.11. The summed E-state index contributed by atoms with van der Waals surface area (Å²) >= 11 is 6.21. The Labute approximate surface area is 213 Å². The fourth-order valence-corrected chi connectivity index (χ4v) is 5.08. The molecule has 3 aromatic carbocycles. The molecule has 5 aromatic rings. The number of benzene rings is 3. The van der Waals surface area contributed by atoms with Crippen molar-refractivity contribution in [3.63, 3.8) is 0 Å². The SMILES string of the molecule is COc1ccc2nc3cc(Cl)ccc3c(Nc3ccc(S(=O)(=O)Nc4nc(C)cc(C)n4)cc3)c2c1. The van der Waals surface area contributed by atoms with Crippen molar-refractivity contribution in [2.75, 3.05) is 17.1 Å². The summed E-state index contributed by atoms with van der Waals surface area (Å²) in [7, 11) is -2.25. The van der Waals surface area contributed by atoms with E-state index in [4.69, 9.17) is 21.3 Å². The monoisotopic (exact) mass is 519 g/mol. The summed E-state index contributed by atoms with van der Waals surface area (Å²) in [6.07, 6.45) is 0. The van der Waals surface area contributed by atoms with Gasteiger partial charge in [0, 0.05) is 32.9 Å². The average molecular weight is 520 g/mol. The van der Waals surface area contributed by atoms with Crippen molar-refractivity contribution < 1.29 is 13.2 Å². The molecule has 0 saturated carbocycles. The Morgan fingerprint density at radius 2 is 1.53 bits per heavy atom. The van der Waals surface area contributed by atoms with Crippen molar-refractivity contribution in [2.24, 2.45) is 0 Å². The van der Waals surface area contributed by atoms with Gasteiger partial charge in [-0.05, 0) is 80.6 Å². The largest absolute Gasteiger partial charge is 0.497 e. The summed E-state index contributed by atoms with van der Waals surface area (Å²) in [6.45, 7) is 3.56. The van der Waals surface area contributed by atoms with Gasteiger partial charge >= 0.3 is 0 Å². The zero-order valence-electron chi connectivity index (χ0n) is 19.7. The first-order valence-corrected chi connectivity index (χ1v) is 12.9. The van der Waals surface area contributed by atoms with Crippen LogP contribution in [0.15, 0.2) is 71.6 Å². The third kappa shape index (κ3) is 4.75. The van der Waals surface area contributed by atoms with Gasteiger partial charge in [0.1, 0.15) is 5.75 Å². The molecule has 8 nitrogen and oxygen atoms in total. The number of rotatable bonds is 6. The predicted octanol–water partition coefficient (Wildman–Crippen LogP) is 6.00. The van der Waals surface area contributed by atoms with Gasteiger partial charge in [-0.15, -0.1) is 0 Å². The molecular formula is C26H22ClN5O3S. The number of nitrogens with one attached hydrogen (secondary N) is 2. The highest BCUT2D eigenvalue weighted by Crippen LogP contribution is 2.36. The quantitative estimate of drug-likeness (QED) is 0.265. The van der Waals surface area contributed by atoms with E-state index in [9.17, 15) is 8.42 Å². The molecule has 0 aliphatic heterocycles. The van der Waals surface area contributed by atoms with Gasteiger partial charge in [0.25, 0.3) is 10.0 Å². The van der Waals surface area contributed by atoms with Crippen molar-refractivity contribution >= 4 is 60.8 Å². The molecule has 0 fully saturated rings. The number of fused-ring (bicyclic) bond motifs is 2. The summed E-state index contributed by atoms with van der Waals surface area (Å²) in [6, 6.07) is 19.4. The molecule has 0 radical (unpaired) electrons. The lowest BCUT2D eigenvalue weighted by Crippen LogP contribution is -2.15. The summed E-state index contributed by atoms with van der Waals surface area (Å²) in [5.41, 5.74) is 4.36. The number of halogens is 1. The van der Waals surface area contributed by atoms with Crippen LogP contribution < -0.4 is 14.8 Å². The van der Waals surface area contributed by atoms with Crippen LogP contribution in [0.1, 0.15) is 11.4 Å². The summed E-state index contributed by atoms with van der Waals surface area (Å²) < 4.78 is 33.7. The molecule has 0 saturated heterocycles. The predicted molar refractivity (Wildman–Crippen MR) is 143 cm³/mol. The number of hydrogen-bond donors (Lipinski definition) is 2. The number of ether oxygens (including phenoxy) is 1. The van der Waals surface area contributed by atoms with Crippen molar-refractivity contribution in [3.05, 3.63) is 83.1 Å². The summed E-state index contributed by atoms with van der Waals surface area (Å²) in [5.74, 6) is 0.735. The van der Waals surface area contributed by atoms with Crippen LogP contribution in [-0.2, 0) is 10.0 Å². The van der Waals surface area contributed by atoms with Crippen molar-refractivity contribution in [3.8, 4) is 5.75 Å². The van der Waals surface area contributed by atoms with Crippen LogP contribution in [0.2, 0.25) is 5.02 Å². The molecule has 0 aliphatic rings. The molecule has 10 heteroatoms. The number of sulfonamides is 1. The smallest absolute Gasteiger partial charge is 0.264 e. The highest BCUT2D eigenvalue weighted by molar-refractivity contribution is 7.92. The van der Waals surface area contributed by atoms with Gasteiger partial charge in [0.05, 0.1) is 28.7 Å². The minimum atomic E-state index is -3.86. The second-order valence-electron chi connectivity index (χ2n) is 8.26. The molecule has 0 spiro atoms. The van der Waals surface area contributed by atoms with E-state index in [2.05, 4.69) is 20.0 Å². The van der Waals surface area contributed by atoms with Crippen LogP contribution in [0, 0.1) is 13.8 Å². The van der Waals surface area contributed by atoms with Gasteiger partial charge in [0.15, 0.2) is 0 Å². The highest BCUT2D eigenvalue weighted by Gasteiger charge is 2.17. The van der Waals surface area contributed by atoms with E-state index in [-0.39, 0.29) is 10.8 Å². The number of anilines is 3. The third-order valence-corrected chi connectivity index (χ3v) is 7.16. The molecule has 2 N–H and O–H groups in total. The van der Waals surface area contributed by atoms with Crippen LogP contribution in [0.5, 0.6) is 5.75 Å². The van der Waals surface area contributed by atoms with E-state index in [1.165, 1.54) is 12.1 Å². The van der Waals surface area contributed by atoms with E-state index < -0.39 is 10.0 Å². The van der Waals surface area contributed by atoms with E-state index in [1.54, 1.807) is 45.2 Å². The molecule has 0 bridgehead atoms. The molecule has 0 aliphatic carbocycles.